The van der Waals surface area contributed by atoms with E-state index in [1.54, 1.807) is 0 Å². The van der Waals surface area contributed by atoms with E-state index in [0.29, 0.717) is 5.92 Å². The minimum atomic E-state index is 0.391. The molecule has 0 N–H and O–H groups in total. The Morgan fingerprint density at radius 3 is 2.58 bits per heavy atom. The largest absolute Gasteiger partial charge is 0.0916 e. The fraction of sp³-hybridized carbons (Fsp3) is 0.250. The maximum absolute atomic E-state index is 4.09. The van der Waals surface area contributed by atoms with Gasteiger partial charge in [-0.3, -0.25) is 0 Å². The number of hydrogen-bond donors (Lipinski definition) is 0. The van der Waals surface area contributed by atoms with Crippen molar-refractivity contribution in [2.75, 3.05) is 0 Å². The van der Waals surface area contributed by atoms with Crippen LogP contribution in [-0.2, 0) is 0 Å². The Balaban J connectivity index is 2.59. The Labute approximate surface area is 74.9 Å². The van der Waals surface area contributed by atoms with Gasteiger partial charge in [0.15, 0.2) is 0 Å². The number of hydrogen-bond acceptors (Lipinski definition) is 0. The Bertz CT molecular complexity index is 233. The third kappa shape index (κ3) is 2.54. The van der Waals surface area contributed by atoms with Crippen LogP contribution in [0.4, 0.5) is 0 Å². The first kappa shape index (κ1) is 9.05. The molecule has 0 aromatic heterocycles. The molecule has 0 saturated carbocycles. The lowest BCUT2D eigenvalue weighted by Crippen LogP contribution is -1.90. The maximum Gasteiger partial charge on any atom is -0.0127 e. The molecular formula is C12H15. The summed E-state index contributed by atoms with van der Waals surface area (Å²) in [6.07, 6.45) is 5.26. The standard InChI is InChI=1S/C12H15/c1-3-4-8-11(2)12-9-6-5-7-10-12/h3-7,9-11H,2,8H2,1H3. The van der Waals surface area contributed by atoms with Gasteiger partial charge in [0.25, 0.3) is 0 Å². The first-order valence-corrected chi connectivity index (χ1v) is 4.33. The van der Waals surface area contributed by atoms with Crippen molar-refractivity contribution in [1.29, 1.82) is 0 Å². The molecule has 1 atom stereocenters. The van der Waals surface area contributed by atoms with E-state index in [4.69, 9.17) is 0 Å². The number of allylic oxidation sites excluding steroid dienone is 2. The Morgan fingerprint density at radius 2 is 2.00 bits per heavy atom. The summed E-state index contributed by atoms with van der Waals surface area (Å²) in [5.41, 5.74) is 1.32. The summed E-state index contributed by atoms with van der Waals surface area (Å²) in [6, 6.07) is 10.4. The van der Waals surface area contributed by atoms with E-state index in [0.717, 1.165) is 6.42 Å². The van der Waals surface area contributed by atoms with E-state index in [1.807, 2.05) is 13.0 Å². The van der Waals surface area contributed by atoms with Crippen molar-refractivity contribution < 1.29 is 0 Å². The maximum atomic E-state index is 4.09. The molecule has 0 saturated heterocycles. The van der Waals surface area contributed by atoms with Gasteiger partial charge in [-0.1, -0.05) is 42.5 Å². The molecule has 0 bridgehead atoms. The van der Waals surface area contributed by atoms with Gasteiger partial charge in [0, 0.05) is 0 Å². The summed E-state index contributed by atoms with van der Waals surface area (Å²) < 4.78 is 0. The highest BCUT2D eigenvalue weighted by Gasteiger charge is 2.00. The van der Waals surface area contributed by atoms with Gasteiger partial charge in [-0.15, -0.1) is 0 Å². The average Bonchev–Trinajstić information content (AvgIpc) is 2.15. The molecule has 0 amide bonds. The molecule has 1 rings (SSSR count). The second kappa shape index (κ2) is 4.76. The summed E-state index contributed by atoms with van der Waals surface area (Å²) in [5, 5.41) is 0. The van der Waals surface area contributed by atoms with E-state index in [1.165, 1.54) is 5.56 Å². The van der Waals surface area contributed by atoms with Gasteiger partial charge in [-0.05, 0) is 31.7 Å². The lowest BCUT2D eigenvalue weighted by atomic mass is 9.98. The van der Waals surface area contributed by atoms with Crippen LogP contribution in [-0.4, -0.2) is 0 Å². The van der Waals surface area contributed by atoms with Crippen molar-refractivity contribution >= 4 is 0 Å². The van der Waals surface area contributed by atoms with E-state index in [-0.39, 0.29) is 0 Å². The molecule has 0 aliphatic carbocycles. The van der Waals surface area contributed by atoms with Crippen molar-refractivity contribution in [1.82, 2.24) is 0 Å². The highest BCUT2D eigenvalue weighted by molar-refractivity contribution is 5.20. The van der Waals surface area contributed by atoms with Gasteiger partial charge in [0.1, 0.15) is 0 Å². The van der Waals surface area contributed by atoms with Crippen LogP contribution in [0, 0.1) is 6.92 Å². The molecule has 1 aromatic carbocycles. The van der Waals surface area contributed by atoms with Gasteiger partial charge in [0.05, 0.1) is 0 Å². The van der Waals surface area contributed by atoms with Gasteiger partial charge >= 0.3 is 0 Å². The van der Waals surface area contributed by atoms with Gasteiger partial charge in [-0.25, -0.2) is 0 Å². The average molecular weight is 159 g/mol. The third-order valence-electron chi connectivity index (χ3n) is 1.93. The fourth-order valence-corrected chi connectivity index (χ4v) is 1.16. The summed E-state index contributed by atoms with van der Waals surface area (Å²) in [4.78, 5) is 0. The van der Waals surface area contributed by atoms with Crippen LogP contribution in [0.1, 0.15) is 24.8 Å². The molecule has 0 spiro atoms. The van der Waals surface area contributed by atoms with Crippen molar-refractivity contribution in [2.45, 2.75) is 19.3 Å². The van der Waals surface area contributed by atoms with E-state index in [9.17, 15) is 0 Å². The summed E-state index contributed by atoms with van der Waals surface area (Å²) in [6.45, 7) is 6.13. The number of rotatable bonds is 3. The molecular weight excluding hydrogens is 144 g/mol. The SMILES string of the molecule is [CH2]C(CC=CC)c1ccccc1. The molecule has 12 heavy (non-hydrogen) atoms. The molecule has 0 aliphatic heterocycles. The van der Waals surface area contributed by atoms with Crippen LogP contribution in [0.15, 0.2) is 42.5 Å². The zero-order chi connectivity index (χ0) is 8.81. The predicted molar refractivity (Wildman–Crippen MR) is 54.0 cm³/mol. The van der Waals surface area contributed by atoms with E-state index < -0.39 is 0 Å². The molecule has 0 fully saturated rings. The summed E-state index contributed by atoms with van der Waals surface area (Å²) in [7, 11) is 0. The van der Waals surface area contributed by atoms with Crippen molar-refractivity contribution in [2.24, 2.45) is 0 Å². The highest BCUT2D eigenvalue weighted by atomic mass is 14.1. The molecule has 0 aliphatic rings. The fourth-order valence-electron chi connectivity index (χ4n) is 1.16. The van der Waals surface area contributed by atoms with Crippen LogP contribution in [0.25, 0.3) is 0 Å². The minimum absolute atomic E-state index is 0.391. The molecule has 0 heterocycles. The van der Waals surface area contributed by atoms with Crippen molar-refractivity contribution in [3.8, 4) is 0 Å². The van der Waals surface area contributed by atoms with Crippen molar-refractivity contribution in [3.63, 3.8) is 0 Å². The first-order valence-electron chi connectivity index (χ1n) is 4.33. The highest BCUT2D eigenvalue weighted by Crippen LogP contribution is 2.17. The van der Waals surface area contributed by atoms with Crippen LogP contribution >= 0.6 is 0 Å². The van der Waals surface area contributed by atoms with Crippen LogP contribution in [0.5, 0.6) is 0 Å². The van der Waals surface area contributed by atoms with E-state index >= 15 is 0 Å². The summed E-state index contributed by atoms with van der Waals surface area (Å²) >= 11 is 0. The molecule has 1 aromatic rings. The lowest BCUT2D eigenvalue weighted by Gasteiger charge is -2.07. The zero-order valence-corrected chi connectivity index (χ0v) is 7.53. The second-order valence-corrected chi connectivity index (χ2v) is 2.91. The minimum Gasteiger partial charge on any atom is -0.0916 e. The van der Waals surface area contributed by atoms with Crippen LogP contribution in [0.2, 0.25) is 0 Å². The lowest BCUT2D eigenvalue weighted by molar-refractivity contribution is 0.859. The molecule has 0 nitrogen and oxygen atoms in total. The Hall–Kier alpha value is -1.04. The Morgan fingerprint density at radius 1 is 1.33 bits per heavy atom. The monoisotopic (exact) mass is 159 g/mol. The number of benzene rings is 1. The van der Waals surface area contributed by atoms with Gasteiger partial charge in [-0.2, -0.15) is 0 Å². The second-order valence-electron chi connectivity index (χ2n) is 2.91. The van der Waals surface area contributed by atoms with Gasteiger partial charge in [0.2, 0.25) is 0 Å². The van der Waals surface area contributed by atoms with Crippen molar-refractivity contribution in [3.05, 3.63) is 55.0 Å². The predicted octanol–water partition coefficient (Wildman–Crippen LogP) is 3.57. The third-order valence-corrected chi connectivity index (χ3v) is 1.93. The van der Waals surface area contributed by atoms with Crippen LogP contribution < -0.4 is 0 Å². The molecule has 0 heteroatoms. The smallest absolute Gasteiger partial charge is 0.0127 e. The first-order chi connectivity index (χ1) is 5.84. The normalized spacial score (nSPS) is 13.5. The molecule has 1 unspecified atom stereocenters. The molecule has 63 valence electrons. The van der Waals surface area contributed by atoms with E-state index in [2.05, 4.69) is 43.3 Å². The topological polar surface area (TPSA) is 0 Å². The zero-order valence-electron chi connectivity index (χ0n) is 7.53. The molecule has 1 radical (unpaired) electrons. The van der Waals surface area contributed by atoms with Gasteiger partial charge < -0.3 is 0 Å². The summed E-state index contributed by atoms with van der Waals surface area (Å²) in [5.74, 6) is 0.391. The quantitative estimate of drug-likeness (QED) is 0.591. The Kier molecular flexibility index (Phi) is 3.59. The van der Waals surface area contributed by atoms with Crippen LogP contribution in [0.3, 0.4) is 0 Å².